The maximum atomic E-state index is 14.3. The molecular weight excluding hydrogens is 476 g/mol. The summed E-state index contributed by atoms with van der Waals surface area (Å²) >= 11 is 0. The SMILES string of the molecule is Fc1c(CN2CCC(N3C[C](n4cc(-c5ncnc6[nH]ccc56)cn4)C3)CC2)ccnc1C(F)(F)F. The second kappa shape index (κ2) is 8.93. The molecule has 0 atom stereocenters. The lowest BCUT2D eigenvalue weighted by Crippen LogP contribution is -2.56. The lowest BCUT2D eigenvalue weighted by Gasteiger charge is -2.46. The molecule has 12 heteroatoms. The third-order valence-corrected chi connectivity index (χ3v) is 7.01. The van der Waals surface area contributed by atoms with Crippen molar-refractivity contribution in [3.05, 3.63) is 66.4 Å². The van der Waals surface area contributed by atoms with Gasteiger partial charge in [-0.05, 0) is 38.1 Å². The molecule has 0 saturated carbocycles. The van der Waals surface area contributed by atoms with Crippen LogP contribution in [0.2, 0.25) is 0 Å². The Hall–Kier alpha value is -3.38. The van der Waals surface area contributed by atoms with E-state index in [0.717, 1.165) is 54.4 Å². The molecule has 1 N–H and O–H groups in total. The number of likely N-dealkylation sites (tertiary alicyclic amines) is 2. The molecule has 6 heterocycles. The van der Waals surface area contributed by atoms with E-state index in [-0.39, 0.29) is 12.1 Å². The zero-order chi connectivity index (χ0) is 24.9. The average molecular weight is 499 g/mol. The van der Waals surface area contributed by atoms with Crippen LogP contribution in [0.3, 0.4) is 0 Å². The van der Waals surface area contributed by atoms with E-state index in [4.69, 9.17) is 0 Å². The van der Waals surface area contributed by atoms with Crippen molar-refractivity contribution < 1.29 is 17.6 Å². The molecule has 4 aromatic rings. The van der Waals surface area contributed by atoms with E-state index in [1.165, 1.54) is 18.4 Å². The topological polar surface area (TPSA) is 78.8 Å². The molecule has 2 fully saturated rings. The monoisotopic (exact) mass is 499 g/mol. The molecule has 0 unspecified atom stereocenters. The van der Waals surface area contributed by atoms with Gasteiger partial charge in [-0.3, -0.25) is 14.5 Å². The predicted molar refractivity (Wildman–Crippen MR) is 123 cm³/mol. The smallest absolute Gasteiger partial charge is 0.346 e. The number of alkyl halides is 3. The van der Waals surface area contributed by atoms with Gasteiger partial charge in [-0.1, -0.05) is 0 Å². The molecule has 2 aliphatic heterocycles. The van der Waals surface area contributed by atoms with Crippen molar-refractivity contribution in [3.63, 3.8) is 0 Å². The Kier molecular flexibility index (Phi) is 5.72. The summed E-state index contributed by atoms with van der Waals surface area (Å²) in [6.07, 6.45) is 5.16. The highest BCUT2D eigenvalue weighted by molar-refractivity contribution is 5.90. The molecule has 8 nitrogen and oxygen atoms in total. The number of aromatic nitrogens is 6. The van der Waals surface area contributed by atoms with Crippen molar-refractivity contribution in [1.82, 2.24) is 39.5 Å². The van der Waals surface area contributed by atoms with Crippen molar-refractivity contribution in [2.45, 2.75) is 31.6 Å². The molecule has 2 saturated heterocycles. The van der Waals surface area contributed by atoms with E-state index < -0.39 is 17.7 Å². The summed E-state index contributed by atoms with van der Waals surface area (Å²) < 4.78 is 55.1. The number of nitrogens with one attached hydrogen (secondary N) is 1. The number of fused-ring (bicyclic) bond motifs is 1. The van der Waals surface area contributed by atoms with Crippen LogP contribution in [0.1, 0.15) is 24.1 Å². The van der Waals surface area contributed by atoms with Gasteiger partial charge in [-0.15, -0.1) is 0 Å². The summed E-state index contributed by atoms with van der Waals surface area (Å²) in [6, 6.07) is 4.86. The quantitative estimate of drug-likeness (QED) is 0.422. The van der Waals surface area contributed by atoms with Gasteiger partial charge in [-0.25, -0.2) is 19.3 Å². The summed E-state index contributed by atoms with van der Waals surface area (Å²) in [7, 11) is 0. The Morgan fingerprint density at radius 1 is 1.06 bits per heavy atom. The summed E-state index contributed by atoms with van der Waals surface area (Å²) in [6.45, 7) is 3.17. The van der Waals surface area contributed by atoms with Crippen molar-refractivity contribution in [3.8, 4) is 11.3 Å². The number of piperidine rings is 1. The molecule has 0 spiro atoms. The number of H-pyrrole nitrogens is 1. The fourth-order valence-electron chi connectivity index (χ4n) is 5.03. The van der Waals surface area contributed by atoms with Gasteiger partial charge in [0.1, 0.15) is 18.0 Å². The Morgan fingerprint density at radius 3 is 2.64 bits per heavy atom. The minimum absolute atomic E-state index is 0.0328. The van der Waals surface area contributed by atoms with Gasteiger partial charge >= 0.3 is 6.18 Å². The Bertz CT molecular complexity index is 1370. The van der Waals surface area contributed by atoms with Crippen molar-refractivity contribution in [2.24, 2.45) is 0 Å². The molecule has 0 amide bonds. The van der Waals surface area contributed by atoms with Gasteiger partial charge in [0, 0.05) is 60.8 Å². The van der Waals surface area contributed by atoms with Gasteiger partial charge in [0.2, 0.25) is 0 Å². The van der Waals surface area contributed by atoms with E-state index in [0.29, 0.717) is 19.1 Å². The maximum Gasteiger partial charge on any atom is 0.436 e. The van der Waals surface area contributed by atoms with E-state index in [1.807, 2.05) is 34.2 Å². The molecule has 0 bridgehead atoms. The van der Waals surface area contributed by atoms with Crippen LogP contribution in [0.15, 0.2) is 43.2 Å². The van der Waals surface area contributed by atoms with Crippen LogP contribution in [0.4, 0.5) is 17.6 Å². The molecule has 6 rings (SSSR count). The van der Waals surface area contributed by atoms with E-state index >= 15 is 0 Å². The zero-order valence-corrected chi connectivity index (χ0v) is 19.2. The molecule has 187 valence electrons. The number of pyridine rings is 1. The fourth-order valence-corrected chi connectivity index (χ4v) is 5.03. The minimum atomic E-state index is -4.79. The normalized spacial score (nSPS) is 18.7. The highest BCUT2D eigenvalue weighted by atomic mass is 19.4. The van der Waals surface area contributed by atoms with Gasteiger partial charge in [0.15, 0.2) is 11.5 Å². The first-order chi connectivity index (χ1) is 17.4. The highest BCUT2D eigenvalue weighted by Crippen LogP contribution is 2.32. The van der Waals surface area contributed by atoms with Crippen LogP contribution in [-0.2, 0) is 12.7 Å². The number of hydrogen-bond acceptors (Lipinski definition) is 6. The van der Waals surface area contributed by atoms with Crippen LogP contribution < -0.4 is 0 Å². The number of halogens is 4. The third-order valence-electron chi connectivity index (χ3n) is 7.01. The second-order valence-corrected chi connectivity index (χ2v) is 9.24. The average Bonchev–Trinajstić information content (AvgIpc) is 3.50. The first-order valence-corrected chi connectivity index (χ1v) is 11.7. The zero-order valence-electron chi connectivity index (χ0n) is 19.2. The molecule has 4 aromatic heterocycles. The van der Waals surface area contributed by atoms with Gasteiger partial charge in [0.05, 0.1) is 11.9 Å². The summed E-state index contributed by atoms with van der Waals surface area (Å²) in [4.78, 5) is 19.3. The number of nitrogens with zero attached hydrogens (tertiary/aromatic N) is 7. The van der Waals surface area contributed by atoms with Crippen LogP contribution in [-0.4, -0.2) is 71.7 Å². The highest BCUT2D eigenvalue weighted by Gasteiger charge is 2.38. The predicted octanol–water partition coefficient (Wildman–Crippen LogP) is 3.73. The largest absolute Gasteiger partial charge is 0.436 e. The van der Waals surface area contributed by atoms with Crippen molar-refractivity contribution >= 4 is 11.0 Å². The van der Waals surface area contributed by atoms with Crippen LogP contribution in [0, 0.1) is 11.9 Å². The Balaban J connectivity index is 1.03. The summed E-state index contributed by atoms with van der Waals surface area (Å²) in [5.74, 6) is -1.27. The Morgan fingerprint density at radius 2 is 1.86 bits per heavy atom. The summed E-state index contributed by atoms with van der Waals surface area (Å²) in [5.41, 5.74) is 1.14. The lowest BCUT2D eigenvalue weighted by molar-refractivity contribution is -0.143. The third kappa shape index (κ3) is 4.24. The molecule has 1 radical (unpaired) electrons. The second-order valence-electron chi connectivity index (χ2n) is 9.24. The number of aromatic amines is 1. The molecule has 2 aliphatic rings. The molecule has 0 aromatic carbocycles. The van der Waals surface area contributed by atoms with Gasteiger partial charge in [0.25, 0.3) is 0 Å². The van der Waals surface area contributed by atoms with Crippen LogP contribution >= 0.6 is 0 Å². The molecule has 0 aliphatic carbocycles. The van der Waals surface area contributed by atoms with Gasteiger partial charge < -0.3 is 4.98 Å². The van der Waals surface area contributed by atoms with Crippen molar-refractivity contribution in [1.29, 1.82) is 0 Å². The first kappa shape index (κ1) is 23.0. The van der Waals surface area contributed by atoms with Crippen LogP contribution in [0.5, 0.6) is 0 Å². The number of rotatable bonds is 5. The van der Waals surface area contributed by atoms with E-state index in [2.05, 4.69) is 29.9 Å². The van der Waals surface area contributed by atoms with Crippen molar-refractivity contribution in [2.75, 3.05) is 26.2 Å². The van der Waals surface area contributed by atoms with E-state index in [1.54, 1.807) is 0 Å². The fraction of sp³-hybridized carbons (Fsp3) is 0.375. The first-order valence-electron chi connectivity index (χ1n) is 11.7. The van der Waals surface area contributed by atoms with Crippen LogP contribution in [0.25, 0.3) is 22.3 Å². The minimum Gasteiger partial charge on any atom is -0.346 e. The molecule has 36 heavy (non-hydrogen) atoms. The van der Waals surface area contributed by atoms with Gasteiger partial charge in [-0.2, -0.15) is 18.3 Å². The maximum absolute atomic E-state index is 14.3. The van der Waals surface area contributed by atoms with E-state index in [9.17, 15) is 17.6 Å². The molecular formula is C24H23F4N8. The number of hydrogen-bond donors (Lipinski definition) is 1. The Labute approximate surface area is 204 Å². The lowest BCUT2D eigenvalue weighted by atomic mass is 9.97. The standard InChI is InChI=1S/C24H23F4N8/c25-20-15(1-5-29-22(20)24(26,27)28)10-34-7-3-17(4-8-34)35-12-18(13-35)36-11-16(9-33-36)21-19-2-6-30-23(19)32-14-31-21/h1-2,5-6,9,11,14,17H,3-4,7-8,10,12-13H2,(H,30,31,32). The summed E-state index contributed by atoms with van der Waals surface area (Å²) in [5, 5.41) is 5.48.